The molecule has 52 heavy (non-hydrogen) atoms. The number of aromatic nitrogens is 2. The normalized spacial score (nSPS) is 13.1. The van der Waals surface area contributed by atoms with Crippen molar-refractivity contribution in [1.82, 2.24) is 9.97 Å². The fraction of sp³-hybridized carbons (Fsp3) is 0.143. The van der Waals surface area contributed by atoms with E-state index in [0.717, 1.165) is 34.1 Å². The van der Waals surface area contributed by atoms with E-state index in [-0.39, 0.29) is 42.1 Å². The Balaban J connectivity index is 0.00000232. The molecule has 0 saturated carbocycles. The van der Waals surface area contributed by atoms with Gasteiger partial charge in [0.1, 0.15) is 0 Å². The van der Waals surface area contributed by atoms with Crippen LogP contribution >= 0.6 is 0 Å². The van der Waals surface area contributed by atoms with Crippen molar-refractivity contribution >= 4 is 34.1 Å². The van der Waals surface area contributed by atoms with Crippen molar-refractivity contribution in [2.45, 2.75) is 39.8 Å². The minimum Gasteiger partial charge on any atom is -0.510 e. The van der Waals surface area contributed by atoms with Crippen LogP contribution in [0.5, 0.6) is 23.0 Å². The van der Waals surface area contributed by atoms with Gasteiger partial charge in [-0.05, 0) is 76.4 Å². The number of para-hydroxylation sites is 4. The zero-order valence-electron chi connectivity index (χ0n) is 28.8. The van der Waals surface area contributed by atoms with Gasteiger partial charge in [-0.2, -0.15) is 37.6 Å². The second-order valence-electron chi connectivity index (χ2n) is 12.5. The van der Waals surface area contributed by atoms with Crippen LogP contribution in [-0.4, -0.2) is 22.1 Å². The fourth-order valence-electron chi connectivity index (χ4n) is 6.09. The van der Waals surface area contributed by atoms with Gasteiger partial charge < -0.3 is 39.0 Å². The van der Waals surface area contributed by atoms with E-state index in [1.165, 1.54) is 0 Å². The van der Waals surface area contributed by atoms with Crippen LogP contribution in [0.4, 0.5) is 34.1 Å². The number of anilines is 6. The molecule has 0 N–H and O–H groups in total. The van der Waals surface area contributed by atoms with Crippen LogP contribution in [-0.2, 0) is 42.1 Å². The van der Waals surface area contributed by atoms with E-state index in [1.54, 1.807) is 24.5 Å². The molecule has 8 nitrogen and oxygen atoms in total. The van der Waals surface area contributed by atoms with E-state index < -0.39 is 0 Å². The van der Waals surface area contributed by atoms with Gasteiger partial charge in [-0.3, -0.25) is 0 Å². The van der Waals surface area contributed by atoms with Crippen molar-refractivity contribution in [2.75, 3.05) is 19.6 Å². The third-order valence-electron chi connectivity index (χ3n) is 8.46. The van der Waals surface area contributed by atoms with E-state index in [2.05, 4.69) is 131 Å². The van der Waals surface area contributed by atoms with Crippen LogP contribution in [0.25, 0.3) is 11.4 Å². The van der Waals surface area contributed by atoms with Crippen LogP contribution in [0.1, 0.15) is 27.7 Å². The Labute approximate surface area is 334 Å². The number of hydrogen-bond donors (Lipinski definition) is 0. The molecule has 0 spiro atoms. The third-order valence-corrected chi connectivity index (χ3v) is 8.46. The topological polar surface area (TPSA) is 57.2 Å². The van der Waals surface area contributed by atoms with Gasteiger partial charge in [0.15, 0.2) is 0 Å². The standard InChI is InChI=1S/C42H34N6O2.2Pt/c1-29(2)45-27-47(41-17-7-5-15-39(41)45)31-11-9-13-33(23-31)49-35-19-21-43-37(25-35)38-26-36(20-22-44-38)50-34-14-10-12-32(24-34)48-28-46(30(3)4)40-16-6-8-18-42(40)48;;/h5-22,27-30H,1-4H3;;/q-6;;. The average Bonchev–Trinajstić information content (AvgIpc) is 3.72. The molecule has 4 heterocycles. The van der Waals surface area contributed by atoms with Crippen LogP contribution < -0.4 is 29.1 Å². The molecule has 2 aliphatic heterocycles. The maximum atomic E-state index is 6.24. The number of fused-ring (bicyclic) bond motifs is 2. The number of ether oxygens (including phenoxy) is 2. The first-order valence-electron chi connectivity index (χ1n) is 16.6. The molecule has 0 bridgehead atoms. The van der Waals surface area contributed by atoms with Crippen molar-refractivity contribution in [2.24, 2.45) is 0 Å². The van der Waals surface area contributed by atoms with E-state index in [1.807, 2.05) is 48.5 Å². The van der Waals surface area contributed by atoms with Crippen molar-refractivity contribution in [3.63, 3.8) is 0 Å². The Morgan fingerprint density at radius 3 is 1.27 bits per heavy atom. The average molecular weight is 1040 g/mol. The maximum Gasteiger partial charge on any atom is 0.0326 e. The minimum absolute atomic E-state index is 0. The van der Waals surface area contributed by atoms with Crippen molar-refractivity contribution in [3.8, 4) is 34.4 Å². The first-order valence-corrected chi connectivity index (χ1v) is 16.6. The fourth-order valence-corrected chi connectivity index (χ4v) is 6.09. The molecular formula is C42H34N6O2Pt2-6. The van der Waals surface area contributed by atoms with E-state index in [4.69, 9.17) is 9.47 Å². The molecule has 0 aliphatic carbocycles. The third kappa shape index (κ3) is 7.46. The maximum absolute atomic E-state index is 6.24. The Morgan fingerprint density at radius 2 is 0.865 bits per heavy atom. The quantitative estimate of drug-likeness (QED) is 0.133. The Morgan fingerprint density at radius 1 is 0.481 bits per heavy atom. The van der Waals surface area contributed by atoms with Crippen LogP contribution in [0.15, 0.2) is 109 Å². The molecule has 0 unspecified atom stereocenters. The SMILES string of the molecule is CC(C)N1[CH-]N(c2[c-]c(Oc3[c-]c(-c4[c-]c(Oc5[c-]c(N6[CH-]N(C(C)C)c7ccccc76)ccc5)ccn4)ncc3)ccc2)c2ccccc21.[Pt].[Pt]. The molecule has 0 amide bonds. The number of pyridine rings is 2. The zero-order valence-corrected chi connectivity index (χ0v) is 33.4. The van der Waals surface area contributed by atoms with Crippen molar-refractivity contribution < 1.29 is 51.6 Å². The zero-order chi connectivity index (χ0) is 34.2. The van der Waals surface area contributed by atoms with Gasteiger partial charge >= 0.3 is 0 Å². The van der Waals surface area contributed by atoms with Gasteiger partial charge in [-0.1, -0.05) is 24.3 Å². The van der Waals surface area contributed by atoms with Gasteiger partial charge in [0.05, 0.1) is 0 Å². The molecule has 0 fully saturated rings. The second-order valence-corrected chi connectivity index (χ2v) is 12.5. The Bertz CT molecular complexity index is 2010. The molecule has 4 aromatic carbocycles. The molecular weight excluding hydrogens is 1010 g/mol. The van der Waals surface area contributed by atoms with Gasteiger partial charge in [0.2, 0.25) is 0 Å². The summed E-state index contributed by atoms with van der Waals surface area (Å²) in [6.45, 7) is 12.9. The molecule has 2 aliphatic rings. The Hall–Kier alpha value is -4.64. The van der Waals surface area contributed by atoms with Gasteiger partial charge in [0.25, 0.3) is 0 Å². The molecule has 0 saturated heterocycles. The molecule has 10 heteroatoms. The van der Waals surface area contributed by atoms with Crippen LogP contribution in [0.2, 0.25) is 0 Å². The molecule has 270 valence electrons. The summed E-state index contributed by atoms with van der Waals surface area (Å²) in [5, 5.41) is 0. The summed E-state index contributed by atoms with van der Waals surface area (Å²) in [4.78, 5) is 17.8. The van der Waals surface area contributed by atoms with Gasteiger partial charge in [0, 0.05) is 87.9 Å². The Kier molecular flexibility index (Phi) is 11.4. The molecule has 0 radical (unpaired) electrons. The first kappa shape index (κ1) is 37.1. The predicted molar refractivity (Wildman–Crippen MR) is 197 cm³/mol. The summed E-state index contributed by atoms with van der Waals surface area (Å²) in [5.41, 5.74) is 7.21. The summed E-state index contributed by atoms with van der Waals surface area (Å²) >= 11 is 0. The summed E-state index contributed by atoms with van der Waals surface area (Å²) in [5.74, 6) is 2.09. The predicted octanol–water partition coefficient (Wildman–Crippen LogP) is 9.90. The largest absolute Gasteiger partial charge is 0.510 e. The second kappa shape index (κ2) is 15.9. The minimum atomic E-state index is 0. The van der Waals surface area contributed by atoms with E-state index in [0.29, 0.717) is 46.5 Å². The van der Waals surface area contributed by atoms with Crippen LogP contribution in [0.3, 0.4) is 0 Å². The molecule has 0 atom stereocenters. The van der Waals surface area contributed by atoms with E-state index in [9.17, 15) is 0 Å². The molecule has 2 aromatic heterocycles. The summed E-state index contributed by atoms with van der Waals surface area (Å²) in [6.07, 6.45) is 3.34. The van der Waals surface area contributed by atoms with Gasteiger partial charge in [-0.25, -0.2) is 0 Å². The van der Waals surface area contributed by atoms with Gasteiger partial charge in [-0.15, -0.1) is 71.3 Å². The van der Waals surface area contributed by atoms with Crippen LogP contribution in [0, 0.1) is 37.6 Å². The number of benzene rings is 4. The number of rotatable bonds is 9. The summed E-state index contributed by atoms with van der Waals surface area (Å²) in [7, 11) is 0. The van der Waals surface area contributed by atoms with Crippen molar-refractivity contribution in [3.05, 3.63) is 147 Å². The van der Waals surface area contributed by atoms with Crippen molar-refractivity contribution in [1.29, 1.82) is 0 Å². The number of hydrogen-bond acceptors (Lipinski definition) is 8. The molecule has 6 aromatic rings. The first-order chi connectivity index (χ1) is 24.4. The summed E-state index contributed by atoms with van der Waals surface area (Å²) < 4.78 is 12.5. The number of nitrogens with zero attached hydrogens (tertiary/aromatic N) is 6. The molecule has 8 rings (SSSR count). The van der Waals surface area contributed by atoms with E-state index >= 15 is 0 Å². The summed E-state index contributed by atoms with van der Waals surface area (Å²) in [6, 6.07) is 45.9. The monoisotopic (exact) mass is 1040 g/mol. The smallest absolute Gasteiger partial charge is 0.0326 e.